The van der Waals surface area contributed by atoms with Crippen LogP contribution in [0.15, 0.2) is 53.4 Å². The summed E-state index contributed by atoms with van der Waals surface area (Å²) in [6.07, 6.45) is 7.01. The van der Waals surface area contributed by atoms with Gasteiger partial charge in [0, 0.05) is 108 Å². The van der Waals surface area contributed by atoms with Gasteiger partial charge in [0.05, 0.1) is 12.1 Å². The summed E-state index contributed by atoms with van der Waals surface area (Å²) >= 11 is 1.75. The highest BCUT2D eigenvalue weighted by atomic mass is 32.2. The van der Waals surface area contributed by atoms with Gasteiger partial charge >= 0.3 is 0 Å². The van der Waals surface area contributed by atoms with E-state index in [1.807, 2.05) is 30.3 Å². The number of aromatic nitrogens is 1. The molecule has 4 amide bonds. The minimum absolute atomic E-state index is 0.0558. The van der Waals surface area contributed by atoms with Gasteiger partial charge in [-0.3, -0.25) is 34.2 Å². The van der Waals surface area contributed by atoms with Gasteiger partial charge in [-0.25, -0.2) is 4.85 Å². The fourth-order valence-electron chi connectivity index (χ4n) is 10.5. The normalized spacial score (nSPS) is 20.3. The van der Waals surface area contributed by atoms with Crippen molar-refractivity contribution in [1.82, 2.24) is 25.0 Å². The predicted octanol–water partition coefficient (Wildman–Crippen LogP) is 7.38. The lowest BCUT2D eigenvalue weighted by Gasteiger charge is -2.44. The molecule has 12 nitrogen and oxygen atoms in total. The predicted molar refractivity (Wildman–Crippen MR) is 241 cm³/mol. The van der Waals surface area contributed by atoms with Crippen LogP contribution in [0.1, 0.15) is 121 Å². The van der Waals surface area contributed by atoms with Crippen molar-refractivity contribution in [3.63, 3.8) is 0 Å². The zero-order valence-electron chi connectivity index (χ0n) is 36.0. The van der Waals surface area contributed by atoms with E-state index in [-0.39, 0.29) is 29.9 Å². The largest absolute Gasteiger partial charge is 0.371 e. The van der Waals surface area contributed by atoms with Crippen LogP contribution in [0.3, 0.4) is 0 Å². The summed E-state index contributed by atoms with van der Waals surface area (Å²) in [6.45, 7) is 19.7. The number of carbonyl (C=O) groups excluding carboxylic acids is 5. The number of benzene rings is 3. The maximum absolute atomic E-state index is 14.1. The number of piperidine rings is 2. The lowest BCUT2D eigenvalue weighted by molar-refractivity contribution is -0.137. The Labute approximate surface area is 367 Å². The lowest BCUT2D eigenvalue weighted by atomic mass is 9.70. The molecule has 0 spiro atoms. The summed E-state index contributed by atoms with van der Waals surface area (Å²) in [6, 6.07) is 15.7. The molecule has 3 saturated heterocycles. The summed E-state index contributed by atoms with van der Waals surface area (Å²) in [5, 5.41) is 3.24. The minimum Gasteiger partial charge on any atom is -0.371 e. The fourth-order valence-corrected chi connectivity index (χ4v) is 11.5. The van der Waals surface area contributed by atoms with E-state index in [2.05, 4.69) is 62.7 Å². The van der Waals surface area contributed by atoms with Gasteiger partial charge < -0.3 is 19.7 Å². The Morgan fingerprint density at radius 2 is 1.69 bits per heavy atom. The van der Waals surface area contributed by atoms with Crippen LogP contribution in [-0.4, -0.2) is 106 Å². The van der Waals surface area contributed by atoms with E-state index >= 15 is 0 Å². The second-order valence-corrected chi connectivity index (χ2v) is 19.2. The van der Waals surface area contributed by atoms with Gasteiger partial charge in [0.2, 0.25) is 17.7 Å². The molecular weight excluding hydrogens is 799 g/mol. The molecule has 5 aliphatic rings. The van der Waals surface area contributed by atoms with Crippen molar-refractivity contribution in [3.8, 4) is 0 Å². The summed E-state index contributed by atoms with van der Waals surface area (Å²) < 4.78 is 0. The molecule has 62 heavy (non-hydrogen) atoms. The molecule has 1 atom stereocenters. The molecule has 1 aliphatic carbocycles. The summed E-state index contributed by atoms with van der Waals surface area (Å²) in [7, 11) is 0. The second kappa shape index (κ2) is 17.0. The Balaban J connectivity index is 0.717. The molecule has 4 aliphatic heterocycles. The number of carbonyl (C=O) groups is 5. The molecule has 322 valence electrons. The number of imide groups is 1. The van der Waals surface area contributed by atoms with Gasteiger partial charge in [-0.15, -0.1) is 11.8 Å². The first-order chi connectivity index (χ1) is 29.9. The van der Waals surface area contributed by atoms with Crippen LogP contribution in [0.4, 0.5) is 11.4 Å². The maximum Gasteiger partial charge on any atom is 0.255 e. The van der Waals surface area contributed by atoms with E-state index in [0.29, 0.717) is 36.7 Å². The number of anilines is 1. The fraction of sp³-hybridized carbons (Fsp3) is 0.469. The van der Waals surface area contributed by atoms with E-state index in [0.717, 1.165) is 127 Å². The van der Waals surface area contributed by atoms with Crippen molar-refractivity contribution in [1.29, 1.82) is 0 Å². The molecule has 2 N–H and O–H groups in total. The van der Waals surface area contributed by atoms with Crippen LogP contribution >= 0.6 is 11.8 Å². The third-order valence-electron chi connectivity index (χ3n) is 14.1. The molecule has 13 heteroatoms. The molecule has 3 aromatic carbocycles. The number of nitrogens with one attached hydrogen (secondary N) is 2. The number of hydrogen-bond acceptors (Lipinski definition) is 8. The number of thioether (sulfide) groups is 1. The van der Waals surface area contributed by atoms with Crippen molar-refractivity contribution >= 4 is 63.5 Å². The van der Waals surface area contributed by atoms with E-state index in [4.69, 9.17) is 6.57 Å². The highest BCUT2D eigenvalue weighted by Crippen LogP contribution is 2.46. The van der Waals surface area contributed by atoms with Crippen LogP contribution in [0.5, 0.6) is 0 Å². The van der Waals surface area contributed by atoms with Gasteiger partial charge in [-0.2, -0.15) is 0 Å². The monoisotopic (exact) mass is 853 g/mol. The van der Waals surface area contributed by atoms with Crippen molar-refractivity contribution in [2.45, 2.75) is 107 Å². The van der Waals surface area contributed by atoms with Crippen LogP contribution in [-0.2, 0) is 32.8 Å². The molecule has 0 bridgehead atoms. The molecule has 9 rings (SSSR count). The summed E-state index contributed by atoms with van der Waals surface area (Å²) in [5.74, 6) is 0.407. The van der Waals surface area contributed by atoms with Crippen LogP contribution < -0.4 is 10.2 Å². The Bertz CT molecular complexity index is 2520. The number of piperazine rings is 1. The van der Waals surface area contributed by atoms with Gasteiger partial charge in [-0.05, 0) is 97.4 Å². The first kappa shape index (κ1) is 41.9. The molecule has 1 unspecified atom stereocenters. The number of fused-ring (bicyclic) bond motifs is 5. The van der Waals surface area contributed by atoms with Gasteiger partial charge in [0.1, 0.15) is 6.04 Å². The Hall–Kier alpha value is -5.45. The number of amides is 4. The molecule has 1 aromatic heterocycles. The van der Waals surface area contributed by atoms with Gasteiger partial charge in [0.15, 0.2) is 11.5 Å². The number of aromatic amines is 1. The Morgan fingerprint density at radius 1 is 0.903 bits per heavy atom. The van der Waals surface area contributed by atoms with Crippen molar-refractivity contribution in [2.24, 2.45) is 0 Å². The van der Waals surface area contributed by atoms with E-state index in [9.17, 15) is 24.0 Å². The maximum atomic E-state index is 14.1. The average Bonchev–Trinajstić information content (AvgIpc) is 3.84. The smallest absolute Gasteiger partial charge is 0.255 e. The molecule has 0 radical (unpaired) electrons. The Kier molecular flexibility index (Phi) is 11.5. The van der Waals surface area contributed by atoms with E-state index in [1.54, 1.807) is 22.7 Å². The number of ketones is 1. The lowest BCUT2D eigenvalue weighted by Crippen LogP contribution is -2.54. The first-order valence-electron chi connectivity index (χ1n) is 22.4. The third-order valence-corrected chi connectivity index (χ3v) is 15.1. The number of aryl methyl sites for hydroxylation is 1. The van der Waals surface area contributed by atoms with Crippen LogP contribution in [0, 0.1) is 6.57 Å². The molecule has 4 aromatic rings. The molecule has 0 saturated carbocycles. The number of nitrogens with zero attached hydrogens (tertiary/aromatic N) is 5. The van der Waals surface area contributed by atoms with Gasteiger partial charge in [-0.1, -0.05) is 39.3 Å². The summed E-state index contributed by atoms with van der Waals surface area (Å²) in [4.78, 5) is 81.3. The summed E-state index contributed by atoms with van der Waals surface area (Å²) in [5.41, 5.74) is 8.46. The zero-order valence-corrected chi connectivity index (χ0v) is 36.8. The highest BCUT2D eigenvalue weighted by Gasteiger charge is 2.42. The Morgan fingerprint density at radius 3 is 2.44 bits per heavy atom. The van der Waals surface area contributed by atoms with Crippen molar-refractivity contribution in [3.05, 3.63) is 99.0 Å². The zero-order chi connectivity index (χ0) is 43.3. The van der Waals surface area contributed by atoms with E-state index < -0.39 is 17.4 Å². The topological polar surface area (TPSA) is 130 Å². The van der Waals surface area contributed by atoms with Crippen molar-refractivity contribution in [2.75, 3.05) is 49.9 Å². The number of unbranched alkanes of at least 4 members (excludes halogenated alkanes) is 2. The van der Waals surface area contributed by atoms with E-state index in [1.165, 1.54) is 11.3 Å². The first-order valence-corrected chi connectivity index (χ1v) is 23.4. The van der Waals surface area contributed by atoms with Gasteiger partial charge in [0.25, 0.3) is 5.91 Å². The third kappa shape index (κ3) is 7.70. The van der Waals surface area contributed by atoms with Crippen LogP contribution in [0.2, 0.25) is 0 Å². The highest BCUT2D eigenvalue weighted by molar-refractivity contribution is 7.99. The second-order valence-electron chi connectivity index (χ2n) is 18.1. The van der Waals surface area contributed by atoms with Crippen LogP contribution in [0.25, 0.3) is 15.7 Å². The molecule has 3 fully saturated rings. The standard InChI is InChI=1S/C49H55N7O5S/c1-5-30-26-37-38(49(2,3)46-44(45(37)59)36-12-10-32(50-4)27-39(36)51-46)28-41(30)54-18-16-33(17-19-54)53-20-22-55(23-21-53)43(58)9-7-6-8-24-62-34-11-13-35-31(25-34)29-56(48(35)61)40-14-15-42(57)52-47(40)60/h10-13,25-28,33,40,51H,5-9,14-24,29H2,1-3H3,(H,52,57,60). The molecule has 5 heterocycles. The average molecular weight is 854 g/mol. The quantitative estimate of drug-likeness (QED) is 0.0693. The molecular formula is C49H55N7O5S. The SMILES string of the molecule is [C-]#[N+]c1ccc2c3c([nH]c2c1)C(C)(C)c1cc(N2CCC(N4CCN(C(=O)CCCCCSc5ccc6c(c5)CN(C5CCC(=O)NC5=O)C6=O)CC4)CC2)c(CC)cc1C3=O. The minimum atomic E-state index is -0.606. The number of H-pyrrole nitrogens is 1. The number of hydrogen-bond donors (Lipinski definition) is 2. The van der Waals surface area contributed by atoms with Crippen molar-refractivity contribution < 1.29 is 24.0 Å². The number of rotatable bonds is 11.